The average Bonchev–Trinajstić information content (AvgIpc) is 3.07. The first-order chi connectivity index (χ1) is 12.3. The van der Waals surface area contributed by atoms with E-state index in [1.165, 1.54) is 0 Å². The van der Waals surface area contributed by atoms with Crippen LogP contribution in [0.3, 0.4) is 0 Å². The molecule has 0 aliphatic carbocycles. The molecule has 26 heavy (non-hydrogen) atoms. The smallest absolute Gasteiger partial charge is 0.335 e. The van der Waals surface area contributed by atoms with Gasteiger partial charge in [0.05, 0.1) is 0 Å². The molecule has 1 heterocycles. The number of aromatic nitrogens is 2. The molecule has 0 aliphatic rings. The van der Waals surface area contributed by atoms with Crippen LogP contribution < -0.4 is 10.1 Å². The van der Waals surface area contributed by atoms with Gasteiger partial charge in [-0.2, -0.15) is 0 Å². The van der Waals surface area contributed by atoms with Crippen LogP contribution in [0.15, 0.2) is 33.9 Å². The average molecular weight is 402 g/mol. The van der Waals surface area contributed by atoms with Gasteiger partial charge in [-0.1, -0.05) is 23.1 Å². The second-order valence-electron chi connectivity index (χ2n) is 5.64. The van der Waals surface area contributed by atoms with Gasteiger partial charge in [0.2, 0.25) is 15.7 Å². The van der Waals surface area contributed by atoms with Crippen LogP contribution in [0.5, 0.6) is 5.75 Å². The first-order valence-corrected chi connectivity index (χ1v) is 10.3. The lowest BCUT2D eigenvalue weighted by Crippen LogP contribution is -2.29. The van der Waals surface area contributed by atoms with Crippen molar-refractivity contribution in [2.45, 2.75) is 30.9 Å². The van der Waals surface area contributed by atoms with Crippen molar-refractivity contribution in [3.8, 4) is 5.75 Å². The van der Waals surface area contributed by atoms with Crippen LogP contribution in [-0.2, 0) is 21.1 Å². The molecule has 1 N–H and O–H groups in total. The topological polar surface area (TPSA) is 111 Å². The normalized spacial score (nSPS) is 11.3. The number of benzene rings is 1. The number of carbonyl (C=O) groups excluding carboxylic acids is 1. The van der Waals surface area contributed by atoms with Crippen molar-refractivity contribution in [2.24, 2.45) is 0 Å². The van der Waals surface area contributed by atoms with Gasteiger partial charge >= 0.3 is 5.22 Å². The predicted octanol–water partition coefficient (Wildman–Crippen LogP) is 2.03. The van der Waals surface area contributed by atoms with Crippen LogP contribution in [0.4, 0.5) is 0 Å². The lowest BCUT2D eigenvalue weighted by Gasteiger charge is -2.07. The molecule has 0 fully saturated rings. The second-order valence-corrected chi connectivity index (χ2v) is 7.97. The number of carbonyl (C=O) groups is 1. The fraction of sp³-hybridized carbons (Fsp3) is 0.438. The van der Waals surface area contributed by atoms with Gasteiger partial charge in [0.25, 0.3) is 5.91 Å². The highest BCUT2D eigenvalue weighted by Gasteiger charge is 2.16. The third kappa shape index (κ3) is 7.01. The summed E-state index contributed by atoms with van der Waals surface area (Å²) < 4.78 is 32.9. The van der Waals surface area contributed by atoms with Crippen molar-refractivity contribution in [3.63, 3.8) is 0 Å². The van der Waals surface area contributed by atoms with Crippen LogP contribution in [-0.4, -0.2) is 43.9 Å². The number of rotatable bonds is 10. The number of nitrogens with one attached hydrogen (secondary N) is 1. The highest BCUT2D eigenvalue weighted by molar-refractivity contribution is 7.90. The first-order valence-electron chi connectivity index (χ1n) is 8.02. The van der Waals surface area contributed by atoms with E-state index in [1.54, 1.807) is 24.3 Å². The zero-order valence-electron chi connectivity index (χ0n) is 14.3. The molecule has 1 aromatic heterocycles. The third-order valence-corrected chi connectivity index (χ3v) is 4.39. The van der Waals surface area contributed by atoms with Crippen molar-refractivity contribution in [2.75, 3.05) is 19.4 Å². The summed E-state index contributed by atoms with van der Waals surface area (Å²) in [5, 5.41) is 10.2. The maximum Gasteiger partial charge on any atom is 0.335 e. The van der Waals surface area contributed by atoms with Crippen molar-refractivity contribution in [1.29, 1.82) is 0 Å². The summed E-state index contributed by atoms with van der Waals surface area (Å²) in [6.45, 7) is 0.471. The Bertz CT molecular complexity index is 821. The Morgan fingerprint density at radius 2 is 1.92 bits per heavy atom. The van der Waals surface area contributed by atoms with Gasteiger partial charge in [0, 0.05) is 24.2 Å². The molecule has 0 saturated carbocycles. The Kier molecular flexibility index (Phi) is 7.40. The fourth-order valence-corrected chi connectivity index (χ4v) is 2.59. The number of hydrogen-bond donors (Lipinski definition) is 1. The molecule has 0 atom stereocenters. The summed E-state index contributed by atoms with van der Waals surface area (Å²) in [4.78, 5) is 11.7. The zero-order valence-corrected chi connectivity index (χ0v) is 15.8. The number of ether oxygens (including phenoxy) is 1. The van der Waals surface area contributed by atoms with E-state index in [-0.39, 0.29) is 17.7 Å². The zero-order chi connectivity index (χ0) is 19.0. The van der Waals surface area contributed by atoms with Crippen LogP contribution >= 0.6 is 11.6 Å². The van der Waals surface area contributed by atoms with Gasteiger partial charge in [0.15, 0.2) is 6.61 Å². The summed E-state index contributed by atoms with van der Waals surface area (Å²) in [6.07, 6.45) is 3.87. The number of sulfone groups is 1. The molecular formula is C16H20ClN3O5S. The molecule has 10 heteroatoms. The van der Waals surface area contributed by atoms with E-state index in [0.717, 1.165) is 25.5 Å². The van der Waals surface area contributed by atoms with Crippen LogP contribution in [0.1, 0.15) is 25.2 Å². The Labute approximate surface area is 156 Å². The Morgan fingerprint density at radius 3 is 2.58 bits per heavy atom. The van der Waals surface area contributed by atoms with E-state index < -0.39 is 9.84 Å². The second kappa shape index (κ2) is 9.54. The summed E-state index contributed by atoms with van der Waals surface area (Å²) in [5.41, 5.74) is 0. The minimum atomic E-state index is -3.46. The molecule has 142 valence electrons. The molecule has 0 spiro atoms. The van der Waals surface area contributed by atoms with Crippen molar-refractivity contribution in [3.05, 3.63) is 35.2 Å². The molecule has 0 aliphatic heterocycles. The molecule has 1 amide bonds. The molecule has 0 unspecified atom stereocenters. The molecule has 0 radical (unpaired) electrons. The highest BCUT2D eigenvalue weighted by atomic mass is 35.5. The van der Waals surface area contributed by atoms with Crippen LogP contribution in [0.25, 0.3) is 0 Å². The lowest BCUT2D eigenvalue weighted by atomic mass is 10.2. The molecule has 2 rings (SSSR count). The summed E-state index contributed by atoms with van der Waals surface area (Å²) in [6, 6.07) is 6.78. The molecule has 0 bridgehead atoms. The molecular weight excluding hydrogens is 382 g/mol. The van der Waals surface area contributed by atoms with Gasteiger partial charge in [-0.15, -0.1) is 5.10 Å². The number of halogens is 1. The van der Waals surface area contributed by atoms with Gasteiger partial charge < -0.3 is 14.5 Å². The van der Waals surface area contributed by atoms with Gasteiger partial charge in [-0.05, 0) is 37.1 Å². The SMILES string of the molecule is CS(=O)(=O)c1nnc(CCCCCNC(=O)COc2ccc(Cl)cc2)o1. The van der Waals surface area contributed by atoms with E-state index in [1.807, 2.05) is 0 Å². The Morgan fingerprint density at radius 1 is 1.19 bits per heavy atom. The summed E-state index contributed by atoms with van der Waals surface area (Å²) in [5.74, 6) is 0.679. The molecule has 8 nitrogen and oxygen atoms in total. The van der Waals surface area contributed by atoms with E-state index >= 15 is 0 Å². The predicted molar refractivity (Wildman–Crippen MR) is 94.9 cm³/mol. The van der Waals surface area contributed by atoms with Gasteiger partial charge in [0.1, 0.15) is 5.75 Å². The quantitative estimate of drug-likeness (QED) is 0.606. The molecule has 2 aromatic rings. The van der Waals surface area contributed by atoms with E-state index in [9.17, 15) is 13.2 Å². The minimum Gasteiger partial charge on any atom is -0.484 e. The standard InChI is InChI=1S/C16H20ClN3O5S/c1-26(22,23)16-20-19-15(25-16)5-3-2-4-10-18-14(21)11-24-13-8-6-12(17)7-9-13/h6-9H,2-5,10-11H2,1H3,(H,18,21). The number of amides is 1. The number of hydrogen-bond acceptors (Lipinski definition) is 7. The van der Waals surface area contributed by atoms with Crippen molar-refractivity contribution < 1.29 is 22.4 Å². The van der Waals surface area contributed by atoms with E-state index in [4.69, 9.17) is 20.8 Å². The van der Waals surface area contributed by atoms with Crippen LogP contribution in [0, 0.1) is 0 Å². The monoisotopic (exact) mass is 401 g/mol. The highest BCUT2D eigenvalue weighted by Crippen LogP contribution is 2.15. The summed E-state index contributed by atoms with van der Waals surface area (Å²) >= 11 is 5.77. The third-order valence-electron chi connectivity index (χ3n) is 3.34. The first kappa shape index (κ1) is 20.2. The van der Waals surface area contributed by atoms with Gasteiger partial charge in [-0.25, -0.2) is 8.42 Å². The maximum atomic E-state index is 11.7. The largest absolute Gasteiger partial charge is 0.484 e. The summed E-state index contributed by atoms with van der Waals surface area (Å²) in [7, 11) is -3.46. The van der Waals surface area contributed by atoms with E-state index in [2.05, 4.69) is 15.5 Å². The number of unbranched alkanes of at least 4 members (excludes halogenated alkanes) is 2. The van der Waals surface area contributed by atoms with Gasteiger partial charge in [-0.3, -0.25) is 4.79 Å². The number of aryl methyl sites for hydroxylation is 1. The van der Waals surface area contributed by atoms with E-state index in [0.29, 0.717) is 29.6 Å². The Balaban J connectivity index is 1.55. The minimum absolute atomic E-state index is 0.0577. The van der Waals surface area contributed by atoms with Crippen molar-refractivity contribution >= 4 is 27.3 Å². The number of nitrogens with zero attached hydrogens (tertiary/aromatic N) is 2. The lowest BCUT2D eigenvalue weighted by molar-refractivity contribution is -0.123. The maximum absolute atomic E-state index is 11.7. The fourth-order valence-electron chi connectivity index (χ4n) is 2.03. The Hall–Kier alpha value is -2.13. The molecule has 0 saturated heterocycles. The van der Waals surface area contributed by atoms with Crippen LogP contribution in [0.2, 0.25) is 5.02 Å². The molecule has 1 aromatic carbocycles. The van der Waals surface area contributed by atoms with Crippen molar-refractivity contribution in [1.82, 2.24) is 15.5 Å².